The number of benzene rings is 2. The highest BCUT2D eigenvalue weighted by molar-refractivity contribution is 9.10. The Labute approximate surface area is 278 Å². The molecule has 1 amide bonds. The quantitative estimate of drug-likeness (QED) is 0.121. The molecule has 1 saturated heterocycles. The second kappa shape index (κ2) is 15.7. The number of carbonyl (C=O) groups excluding carboxylic acids is 3. The number of carbonyl (C=O) groups is 3. The van der Waals surface area contributed by atoms with Crippen molar-refractivity contribution >= 4 is 61.8 Å². The van der Waals surface area contributed by atoms with E-state index in [1.165, 1.54) is 22.7 Å². The second-order valence-electron chi connectivity index (χ2n) is 10.7. The molecule has 2 aromatic carbocycles. The van der Waals surface area contributed by atoms with E-state index in [4.69, 9.17) is 4.74 Å². The number of aryl methyl sites for hydroxylation is 1. The van der Waals surface area contributed by atoms with Gasteiger partial charge in [-0.2, -0.15) is 0 Å². The van der Waals surface area contributed by atoms with E-state index in [0.29, 0.717) is 46.0 Å². The Morgan fingerprint density at radius 3 is 2.38 bits per heavy atom. The molecule has 0 spiro atoms. The van der Waals surface area contributed by atoms with E-state index in [1.54, 1.807) is 31.2 Å². The molecule has 234 valence electrons. The van der Waals surface area contributed by atoms with Gasteiger partial charge in [-0.3, -0.25) is 24.3 Å². The van der Waals surface area contributed by atoms with Crippen LogP contribution in [0.3, 0.4) is 0 Å². The van der Waals surface area contributed by atoms with Gasteiger partial charge in [-0.25, -0.2) is 0 Å². The lowest BCUT2D eigenvalue weighted by molar-refractivity contribution is 0.0383. The van der Waals surface area contributed by atoms with Gasteiger partial charge in [-0.15, -0.1) is 22.7 Å². The largest absolute Gasteiger partial charge is 0.506 e. The van der Waals surface area contributed by atoms with Gasteiger partial charge >= 0.3 is 0 Å². The number of halogens is 1. The van der Waals surface area contributed by atoms with Crippen molar-refractivity contribution in [2.24, 2.45) is 4.99 Å². The number of amides is 1. The number of ketones is 2. The van der Waals surface area contributed by atoms with Crippen molar-refractivity contribution in [3.63, 3.8) is 0 Å². The van der Waals surface area contributed by atoms with E-state index in [1.807, 2.05) is 41.8 Å². The highest BCUT2D eigenvalue weighted by atomic mass is 79.9. The van der Waals surface area contributed by atoms with Crippen LogP contribution < -0.4 is 5.32 Å². The van der Waals surface area contributed by atoms with Crippen LogP contribution in [0.5, 0.6) is 5.75 Å². The lowest BCUT2D eigenvalue weighted by Gasteiger charge is -2.26. The van der Waals surface area contributed by atoms with Crippen molar-refractivity contribution in [1.82, 2.24) is 10.2 Å². The van der Waals surface area contributed by atoms with E-state index < -0.39 is 0 Å². The molecule has 0 bridgehead atoms. The number of rotatable bonds is 13. The normalized spacial score (nSPS) is 14.0. The number of aromatic hydroxyl groups is 1. The number of Topliss-reactive ketones (excluding diaryl/α,β-unsaturated/α-hetero) is 2. The Hall–Kier alpha value is -3.48. The summed E-state index contributed by atoms with van der Waals surface area (Å²) in [5, 5.41) is 15.6. The standard InChI is InChI=1S/C34H34BrN3O5S2/c1-22(27-21-44-33(32(27)41)24-7-9-26(35)10-8-24)37-20-29(40)31-13-12-30(45-31)28(39)11-4-23-2-5-25(6-3-23)34(42)36-14-15-38-16-18-43-19-17-38/h2-3,5-10,12-13,21,41H,4,11,14-20H2,1H3,(H,36,42). The van der Waals surface area contributed by atoms with Crippen LogP contribution in [0.25, 0.3) is 10.4 Å². The number of nitrogens with one attached hydrogen (secondary N) is 1. The Balaban J connectivity index is 1.09. The maximum Gasteiger partial charge on any atom is 0.251 e. The lowest BCUT2D eigenvalue weighted by Crippen LogP contribution is -2.41. The third-order valence-corrected chi connectivity index (χ3v) is 10.3. The van der Waals surface area contributed by atoms with Crippen molar-refractivity contribution in [2.75, 3.05) is 45.9 Å². The maximum atomic E-state index is 12.9. The number of thiophene rings is 2. The second-order valence-corrected chi connectivity index (χ2v) is 13.5. The number of hydrogen-bond donors (Lipinski definition) is 2. The molecule has 0 aliphatic carbocycles. The van der Waals surface area contributed by atoms with Crippen LogP contribution in [0.15, 0.2) is 75.5 Å². The molecule has 45 heavy (non-hydrogen) atoms. The molecule has 0 saturated carbocycles. The van der Waals surface area contributed by atoms with Crippen LogP contribution in [0.1, 0.15) is 54.2 Å². The molecule has 2 N–H and O–H groups in total. The molecular weight excluding hydrogens is 674 g/mol. The van der Waals surface area contributed by atoms with Crippen LogP contribution in [0.2, 0.25) is 0 Å². The average molecular weight is 709 g/mol. The van der Waals surface area contributed by atoms with Gasteiger partial charge in [0, 0.05) is 59.3 Å². The van der Waals surface area contributed by atoms with Gasteiger partial charge in [0.15, 0.2) is 11.6 Å². The summed E-state index contributed by atoms with van der Waals surface area (Å²) in [4.78, 5) is 46.7. The summed E-state index contributed by atoms with van der Waals surface area (Å²) >= 11 is 6.03. The van der Waals surface area contributed by atoms with Crippen LogP contribution >= 0.6 is 38.6 Å². The molecule has 3 heterocycles. The molecule has 0 atom stereocenters. The van der Waals surface area contributed by atoms with E-state index in [2.05, 4.69) is 31.1 Å². The van der Waals surface area contributed by atoms with Crippen molar-refractivity contribution in [2.45, 2.75) is 19.8 Å². The summed E-state index contributed by atoms with van der Waals surface area (Å²) in [6, 6.07) is 18.4. The fraction of sp³-hybridized carbons (Fsp3) is 0.294. The Bertz CT molecular complexity index is 1670. The highest BCUT2D eigenvalue weighted by Crippen LogP contribution is 2.39. The molecule has 4 aromatic rings. The SMILES string of the molecule is CC(=NCC(=O)c1ccc(C(=O)CCc2ccc(C(=O)NCCN3CCOCC3)cc2)s1)c1csc(-c2ccc(Br)cc2)c1O. The zero-order valence-corrected chi connectivity index (χ0v) is 28.1. The van der Waals surface area contributed by atoms with E-state index in [0.717, 1.165) is 53.3 Å². The van der Waals surface area contributed by atoms with Crippen LogP contribution in [-0.4, -0.2) is 79.1 Å². The minimum atomic E-state index is -0.180. The Morgan fingerprint density at radius 2 is 1.67 bits per heavy atom. The van der Waals surface area contributed by atoms with Gasteiger partial charge in [0.25, 0.3) is 5.91 Å². The molecule has 1 aliphatic heterocycles. The first-order chi connectivity index (χ1) is 21.8. The van der Waals surface area contributed by atoms with E-state index in [-0.39, 0.29) is 29.8 Å². The Morgan fingerprint density at radius 1 is 0.978 bits per heavy atom. The number of morpholine rings is 1. The first-order valence-corrected chi connectivity index (χ1v) is 17.2. The fourth-order valence-corrected chi connectivity index (χ4v) is 7.04. The predicted molar refractivity (Wildman–Crippen MR) is 184 cm³/mol. The van der Waals surface area contributed by atoms with Crippen LogP contribution in [0.4, 0.5) is 0 Å². The van der Waals surface area contributed by atoms with Crippen molar-refractivity contribution in [1.29, 1.82) is 0 Å². The molecule has 5 rings (SSSR count). The number of aliphatic imine (C=N–C) groups is 1. The molecule has 0 radical (unpaired) electrons. The van der Waals surface area contributed by atoms with Gasteiger partial charge in [-0.1, -0.05) is 40.2 Å². The number of ether oxygens (including phenoxy) is 1. The number of hydrogen-bond acceptors (Lipinski definition) is 9. The lowest BCUT2D eigenvalue weighted by atomic mass is 10.0. The summed E-state index contributed by atoms with van der Waals surface area (Å²) in [5.41, 5.74) is 3.63. The zero-order chi connectivity index (χ0) is 31.8. The minimum absolute atomic E-state index is 0.0349. The summed E-state index contributed by atoms with van der Waals surface area (Å²) in [6.07, 6.45) is 0.837. The van der Waals surface area contributed by atoms with Crippen molar-refractivity contribution in [3.05, 3.63) is 97.0 Å². The molecule has 1 fully saturated rings. The third-order valence-electron chi connectivity index (χ3n) is 7.55. The van der Waals surface area contributed by atoms with Gasteiger partial charge in [0.1, 0.15) is 12.3 Å². The van der Waals surface area contributed by atoms with Gasteiger partial charge in [0.05, 0.1) is 27.8 Å². The monoisotopic (exact) mass is 707 g/mol. The molecule has 1 aliphatic rings. The molecule has 11 heteroatoms. The van der Waals surface area contributed by atoms with Gasteiger partial charge in [-0.05, 0) is 60.9 Å². The first kappa shape index (κ1) is 32.9. The summed E-state index contributed by atoms with van der Waals surface area (Å²) < 4.78 is 6.31. The summed E-state index contributed by atoms with van der Waals surface area (Å²) in [7, 11) is 0. The maximum absolute atomic E-state index is 12.9. The summed E-state index contributed by atoms with van der Waals surface area (Å²) in [5.74, 6) is -0.177. The summed E-state index contributed by atoms with van der Waals surface area (Å²) in [6.45, 7) is 6.32. The molecule has 0 unspecified atom stereocenters. The average Bonchev–Trinajstić information content (AvgIpc) is 3.71. The van der Waals surface area contributed by atoms with Gasteiger partial charge in [0.2, 0.25) is 0 Å². The Kier molecular flexibility index (Phi) is 11.5. The minimum Gasteiger partial charge on any atom is -0.506 e. The van der Waals surface area contributed by atoms with Crippen molar-refractivity contribution < 1.29 is 24.2 Å². The predicted octanol–water partition coefficient (Wildman–Crippen LogP) is 6.51. The topological polar surface area (TPSA) is 108 Å². The third kappa shape index (κ3) is 8.83. The zero-order valence-electron chi connectivity index (χ0n) is 24.9. The smallest absolute Gasteiger partial charge is 0.251 e. The number of nitrogens with zero attached hydrogens (tertiary/aromatic N) is 2. The molecule has 8 nitrogen and oxygen atoms in total. The van der Waals surface area contributed by atoms with Crippen LogP contribution in [0, 0.1) is 0 Å². The van der Waals surface area contributed by atoms with E-state index >= 15 is 0 Å². The van der Waals surface area contributed by atoms with Gasteiger partial charge < -0.3 is 15.2 Å². The van der Waals surface area contributed by atoms with Crippen LogP contribution in [-0.2, 0) is 11.2 Å². The highest BCUT2D eigenvalue weighted by Gasteiger charge is 2.17. The molecular formula is C34H34BrN3O5S2. The first-order valence-electron chi connectivity index (χ1n) is 14.7. The molecule has 2 aromatic heterocycles. The van der Waals surface area contributed by atoms with Crippen molar-refractivity contribution in [3.8, 4) is 16.2 Å². The van der Waals surface area contributed by atoms with E-state index in [9.17, 15) is 19.5 Å². The fourth-order valence-electron chi connectivity index (χ4n) is 4.86.